The Kier molecular flexibility index (Phi) is 6.01. The molecule has 0 radical (unpaired) electrons. The van der Waals surface area contributed by atoms with Gasteiger partial charge in [-0.3, -0.25) is 4.79 Å². The zero-order valence-electron chi connectivity index (χ0n) is 14.4. The van der Waals surface area contributed by atoms with Crippen LogP contribution in [0.3, 0.4) is 0 Å². The highest BCUT2D eigenvalue weighted by molar-refractivity contribution is 6.05. The number of nitrogens with one attached hydrogen (secondary N) is 2. The van der Waals surface area contributed by atoms with Crippen molar-refractivity contribution in [3.63, 3.8) is 0 Å². The number of rotatable bonds is 7. The molecule has 0 fully saturated rings. The number of carbonyl (C=O) groups is 1. The molecule has 0 saturated carbocycles. The van der Waals surface area contributed by atoms with Gasteiger partial charge in [-0.1, -0.05) is 13.8 Å². The van der Waals surface area contributed by atoms with Crippen LogP contribution in [0.15, 0.2) is 36.5 Å². The molecule has 1 aromatic carbocycles. The Morgan fingerprint density at radius 2 is 1.96 bits per heavy atom. The van der Waals surface area contributed by atoms with Crippen LogP contribution in [-0.2, 0) is 0 Å². The number of pyridine rings is 1. The van der Waals surface area contributed by atoms with Gasteiger partial charge in [-0.25, -0.2) is 4.98 Å². The molecular weight excluding hydrogens is 306 g/mol. The van der Waals surface area contributed by atoms with E-state index in [1.54, 1.807) is 50.7 Å². The molecule has 0 unspecified atom stereocenters. The first-order valence-electron chi connectivity index (χ1n) is 7.76. The summed E-state index contributed by atoms with van der Waals surface area (Å²) in [5, 5.41) is 6.03. The summed E-state index contributed by atoms with van der Waals surface area (Å²) >= 11 is 0. The Hall–Kier alpha value is -2.76. The van der Waals surface area contributed by atoms with Crippen molar-refractivity contribution in [1.29, 1.82) is 0 Å². The topological polar surface area (TPSA) is 72.5 Å². The molecule has 24 heavy (non-hydrogen) atoms. The maximum atomic E-state index is 12.4. The summed E-state index contributed by atoms with van der Waals surface area (Å²) in [5.74, 6) is 2.22. The minimum absolute atomic E-state index is 0.249. The first-order chi connectivity index (χ1) is 11.5. The lowest BCUT2D eigenvalue weighted by atomic mass is 10.2. The van der Waals surface area contributed by atoms with E-state index in [4.69, 9.17) is 9.47 Å². The lowest BCUT2D eigenvalue weighted by Gasteiger charge is -2.12. The number of amides is 1. The van der Waals surface area contributed by atoms with Crippen molar-refractivity contribution in [1.82, 2.24) is 4.98 Å². The number of carbonyl (C=O) groups excluding carboxylic acids is 1. The molecule has 0 bridgehead atoms. The van der Waals surface area contributed by atoms with Gasteiger partial charge in [0.15, 0.2) is 0 Å². The van der Waals surface area contributed by atoms with Crippen molar-refractivity contribution < 1.29 is 14.3 Å². The molecule has 128 valence electrons. The molecule has 0 atom stereocenters. The van der Waals surface area contributed by atoms with Crippen LogP contribution in [0.2, 0.25) is 0 Å². The lowest BCUT2D eigenvalue weighted by Crippen LogP contribution is -2.14. The average molecular weight is 329 g/mol. The first kappa shape index (κ1) is 17.6. The van der Waals surface area contributed by atoms with Crippen LogP contribution in [0.1, 0.15) is 24.2 Å². The van der Waals surface area contributed by atoms with Crippen molar-refractivity contribution in [2.24, 2.45) is 5.92 Å². The maximum Gasteiger partial charge on any atom is 0.257 e. The minimum Gasteiger partial charge on any atom is -0.497 e. The molecule has 2 rings (SSSR count). The Bertz CT molecular complexity index is 684. The summed E-state index contributed by atoms with van der Waals surface area (Å²) in [6, 6.07) is 8.74. The second kappa shape index (κ2) is 8.19. The predicted molar refractivity (Wildman–Crippen MR) is 95.1 cm³/mol. The van der Waals surface area contributed by atoms with Crippen LogP contribution >= 0.6 is 0 Å². The molecule has 0 saturated heterocycles. The molecule has 0 aliphatic rings. The molecule has 2 aromatic rings. The van der Waals surface area contributed by atoms with Gasteiger partial charge in [-0.2, -0.15) is 0 Å². The third-order valence-corrected chi connectivity index (χ3v) is 3.37. The van der Waals surface area contributed by atoms with E-state index < -0.39 is 0 Å². The molecular formula is C18H23N3O3. The van der Waals surface area contributed by atoms with E-state index in [1.165, 1.54) is 0 Å². The molecule has 0 aliphatic heterocycles. The van der Waals surface area contributed by atoms with E-state index in [0.717, 1.165) is 12.4 Å². The lowest BCUT2D eigenvalue weighted by molar-refractivity contribution is 0.102. The van der Waals surface area contributed by atoms with Crippen LogP contribution in [0.25, 0.3) is 0 Å². The largest absolute Gasteiger partial charge is 0.497 e. The van der Waals surface area contributed by atoms with Gasteiger partial charge in [0.05, 0.1) is 25.5 Å². The summed E-state index contributed by atoms with van der Waals surface area (Å²) in [6.45, 7) is 5.08. The molecule has 1 aromatic heterocycles. The highest BCUT2D eigenvalue weighted by Gasteiger charge is 2.11. The Balaban J connectivity index is 2.07. The SMILES string of the molecule is COc1ccc(NC(=O)c2ccc(NCC(C)C)nc2)c(OC)c1. The van der Waals surface area contributed by atoms with E-state index in [1.807, 2.05) is 0 Å². The van der Waals surface area contributed by atoms with E-state index in [2.05, 4.69) is 29.5 Å². The van der Waals surface area contributed by atoms with Gasteiger partial charge in [0, 0.05) is 18.8 Å². The zero-order valence-corrected chi connectivity index (χ0v) is 14.4. The summed E-state index contributed by atoms with van der Waals surface area (Å²) < 4.78 is 10.4. The van der Waals surface area contributed by atoms with Gasteiger partial charge in [-0.05, 0) is 30.2 Å². The molecule has 1 heterocycles. The van der Waals surface area contributed by atoms with Gasteiger partial charge in [0.25, 0.3) is 5.91 Å². The van der Waals surface area contributed by atoms with Crippen LogP contribution in [0, 0.1) is 5.92 Å². The standard InChI is InChI=1S/C18H23N3O3/c1-12(2)10-19-17-8-5-13(11-20-17)18(22)21-15-7-6-14(23-3)9-16(15)24-4/h5-9,11-12H,10H2,1-4H3,(H,19,20)(H,21,22). The summed E-state index contributed by atoms with van der Waals surface area (Å²) in [7, 11) is 3.12. The third-order valence-electron chi connectivity index (χ3n) is 3.37. The van der Waals surface area contributed by atoms with E-state index in [9.17, 15) is 4.79 Å². The summed E-state index contributed by atoms with van der Waals surface area (Å²) in [5.41, 5.74) is 1.05. The Labute approximate surface area is 142 Å². The first-order valence-corrected chi connectivity index (χ1v) is 7.76. The molecule has 6 heteroatoms. The predicted octanol–water partition coefficient (Wildman–Crippen LogP) is 3.42. The van der Waals surface area contributed by atoms with Gasteiger partial charge in [0.2, 0.25) is 0 Å². The number of anilines is 2. The molecule has 6 nitrogen and oxygen atoms in total. The van der Waals surface area contributed by atoms with Crippen molar-refractivity contribution >= 4 is 17.4 Å². The maximum absolute atomic E-state index is 12.4. The van der Waals surface area contributed by atoms with Crippen LogP contribution < -0.4 is 20.1 Å². The highest BCUT2D eigenvalue weighted by Crippen LogP contribution is 2.29. The summed E-state index contributed by atoms with van der Waals surface area (Å²) in [4.78, 5) is 16.6. The number of benzene rings is 1. The number of methoxy groups -OCH3 is 2. The van der Waals surface area contributed by atoms with Crippen molar-refractivity contribution in [2.75, 3.05) is 31.4 Å². The number of aromatic nitrogens is 1. The quantitative estimate of drug-likeness (QED) is 0.814. The molecule has 0 spiro atoms. The van der Waals surface area contributed by atoms with E-state index >= 15 is 0 Å². The monoisotopic (exact) mass is 329 g/mol. The normalized spacial score (nSPS) is 10.4. The zero-order chi connectivity index (χ0) is 17.5. The van der Waals surface area contributed by atoms with E-state index in [0.29, 0.717) is 28.7 Å². The highest BCUT2D eigenvalue weighted by atomic mass is 16.5. The Morgan fingerprint density at radius 3 is 2.54 bits per heavy atom. The van der Waals surface area contributed by atoms with Crippen molar-refractivity contribution in [2.45, 2.75) is 13.8 Å². The van der Waals surface area contributed by atoms with E-state index in [-0.39, 0.29) is 5.91 Å². The third kappa shape index (κ3) is 4.62. The van der Waals surface area contributed by atoms with Gasteiger partial charge >= 0.3 is 0 Å². The van der Waals surface area contributed by atoms with Crippen molar-refractivity contribution in [3.05, 3.63) is 42.1 Å². The molecule has 0 aliphatic carbocycles. The molecule has 1 amide bonds. The van der Waals surface area contributed by atoms with Gasteiger partial charge in [0.1, 0.15) is 17.3 Å². The van der Waals surface area contributed by atoms with Gasteiger partial charge < -0.3 is 20.1 Å². The second-order valence-corrected chi connectivity index (χ2v) is 5.73. The van der Waals surface area contributed by atoms with Gasteiger partial charge in [-0.15, -0.1) is 0 Å². The number of hydrogen-bond donors (Lipinski definition) is 2. The fourth-order valence-electron chi connectivity index (χ4n) is 2.04. The minimum atomic E-state index is -0.249. The smallest absolute Gasteiger partial charge is 0.257 e. The van der Waals surface area contributed by atoms with Crippen LogP contribution in [0.4, 0.5) is 11.5 Å². The second-order valence-electron chi connectivity index (χ2n) is 5.73. The fourth-order valence-corrected chi connectivity index (χ4v) is 2.04. The fraction of sp³-hybridized carbons (Fsp3) is 0.333. The number of nitrogens with zero attached hydrogens (tertiary/aromatic N) is 1. The van der Waals surface area contributed by atoms with Crippen molar-refractivity contribution in [3.8, 4) is 11.5 Å². The molecule has 2 N–H and O–H groups in total. The van der Waals surface area contributed by atoms with Crippen LogP contribution in [-0.4, -0.2) is 31.7 Å². The Morgan fingerprint density at radius 1 is 1.17 bits per heavy atom. The summed E-state index contributed by atoms with van der Waals surface area (Å²) in [6.07, 6.45) is 1.55. The average Bonchev–Trinajstić information content (AvgIpc) is 2.60. The van der Waals surface area contributed by atoms with Crippen LogP contribution in [0.5, 0.6) is 11.5 Å². The number of hydrogen-bond acceptors (Lipinski definition) is 5. The number of ether oxygens (including phenoxy) is 2.